The highest BCUT2D eigenvalue weighted by Gasteiger charge is 2.30. The first-order valence-corrected chi connectivity index (χ1v) is 11.2. The van der Waals surface area contributed by atoms with E-state index in [1.54, 1.807) is 28.7 Å². The monoisotopic (exact) mass is 467 g/mol. The Labute approximate surface area is 193 Å². The number of aromatic nitrogens is 3. The van der Waals surface area contributed by atoms with E-state index < -0.39 is 5.82 Å². The molecule has 0 bridgehead atoms. The zero-order chi connectivity index (χ0) is 23.3. The summed E-state index contributed by atoms with van der Waals surface area (Å²) in [5.74, 6) is 0.511. The molecular weight excluding hydrogens is 445 g/mol. The molecule has 2 N–H and O–H groups in total. The van der Waals surface area contributed by atoms with Crippen molar-refractivity contribution in [3.63, 3.8) is 0 Å². The number of nitrogen functional groups attached to an aromatic ring is 1. The van der Waals surface area contributed by atoms with Gasteiger partial charge in [0.25, 0.3) is 0 Å². The number of rotatable bonds is 5. The maximum atomic E-state index is 15.0. The Hall–Kier alpha value is -3.66. The molecule has 1 amide bonds. The van der Waals surface area contributed by atoms with Gasteiger partial charge < -0.3 is 20.1 Å². The normalized spacial score (nSPS) is 16.0. The van der Waals surface area contributed by atoms with Gasteiger partial charge in [-0.1, -0.05) is 6.58 Å². The van der Waals surface area contributed by atoms with E-state index in [1.807, 2.05) is 6.07 Å². The van der Waals surface area contributed by atoms with Crippen molar-refractivity contribution in [2.75, 3.05) is 33.0 Å². The SMILES string of the molecule is C=CC(=O)N1CC[C@@H](c2cc(-c3cc4c(F)c(OC)cc(OC)c4s3)c3c(N)ncnn23)C1. The maximum Gasteiger partial charge on any atom is 0.245 e. The highest BCUT2D eigenvalue weighted by Crippen LogP contribution is 2.45. The maximum absolute atomic E-state index is 15.0. The van der Waals surface area contributed by atoms with Crippen molar-refractivity contribution in [2.45, 2.75) is 12.3 Å². The largest absolute Gasteiger partial charge is 0.495 e. The summed E-state index contributed by atoms with van der Waals surface area (Å²) in [6, 6.07) is 5.33. The fraction of sp³-hybridized carbons (Fsp3) is 0.261. The van der Waals surface area contributed by atoms with Crippen molar-refractivity contribution in [1.29, 1.82) is 0 Å². The number of benzene rings is 1. The molecule has 1 aromatic carbocycles. The minimum Gasteiger partial charge on any atom is -0.495 e. The predicted octanol–water partition coefficient (Wildman–Crippen LogP) is 3.85. The Morgan fingerprint density at radius 3 is 2.82 bits per heavy atom. The Morgan fingerprint density at radius 1 is 1.30 bits per heavy atom. The van der Waals surface area contributed by atoms with Crippen LogP contribution < -0.4 is 15.2 Å². The minimum absolute atomic E-state index is 0.0743. The lowest BCUT2D eigenvalue weighted by Crippen LogP contribution is -2.26. The lowest BCUT2D eigenvalue weighted by Gasteiger charge is -2.14. The number of likely N-dealkylation sites (tertiary alicyclic amines) is 1. The van der Waals surface area contributed by atoms with E-state index in [9.17, 15) is 4.79 Å². The second kappa shape index (κ2) is 8.04. The van der Waals surface area contributed by atoms with Crippen LogP contribution in [0.15, 0.2) is 37.2 Å². The smallest absolute Gasteiger partial charge is 0.245 e. The Bertz CT molecular complexity index is 1410. The summed E-state index contributed by atoms with van der Waals surface area (Å²) in [6.07, 6.45) is 3.54. The Balaban J connectivity index is 1.68. The highest BCUT2D eigenvalue weighted by molar-refractivity contribution is 7.22. The number of amides is 1. The number of halogens is 1. The van der Waals surface area contributed by atoms with Crippen LogP contribution in [0.1, 0.15) is 18.0 Å². The number of ether oxygens (including phenoxy) is 2. The third-order valence-electron chi connectivity index (χ3n) is 6.08. The molecule has 4 heterocycles. The van der Waals surface area contributed by atoms with Crippen LogP contribution in [0.25, 0.3) is 26.0 Å². The average Bonchev–Trinajstić information content (AvgIpc) is 3.56. The molecule has 8 nitrogen and oxygen atoms in total. The number of hydrogen-bond acceptors (Lipinski definition) is 7. The van der Waals surface area contributed by atoms with Crippen molar-refractivity contribution < 1.29 is 18.7 Å². The summed E-state index contributed by atoms with van der Waals surface area (Å²) in [7, 11) is 2.96. The molecule has 0 unspecified atom stereocenters. The summed E-state index contributed by atoms with van der Waals surface area (Å²) in [4.78, 5) is 18.8. The average molecular weight is 468 g/mol. The number of fused-ring (bicyclic) bond motifs is 2. The van der Waals surface area contributed by atoms with Gasteiger partial charge in [-0.2, -0.15) is 5.10 Å². The van der Waals surface area contributed by atoms with Crippen molar-refractivity contribution >= 4 is 38.7 Å². The number of methoxy groups -OCH3 is 2. The van der Waals surface area contributed by atoms with E-state index in [-0.39, 0.29) is 17.6 Å². The number of carbonyl (C=O) groups excluding carboxylic acids is 1. The van der Waals surface area contributed by atoms with Gasteiger partial charge in [0.05, 0.1) is 18.9 Å². The number of thiophene rings is 1. The zero-order valence-corrected chi connectivity index (χ0v) is 19.0. The number of nitrogens with zero attached hydrogens (tertiary/aromatic N) is 4. The molecular formula is C23H22FN5O3S. The number of hydrogen-bond donors (Lipinski definition) is 1. The Kier molecular flexibility index (Phi) is 5.16. The molecule has 10 heteroatoms. The van der Waals surface area contributed by atoms with Crippen LogP contribution >= 0.6 is 11.3 Å². The van der Waals surface area contributed by atoms with Crippen LogP contribution in [0.2, 0.25) is 0 Å². The van der Waals surface area contributed by atoms with Gasteiger partial charge in [0.1, 0.15) is 17.6 Å². The Morgan fingerprint density at radius 2 is 2.09 bits per heavy atom. The lowest BCUT2D eigenvalue weighted by molar-refractivity contribution is -0.125. The van der Waals surface area contributed by atoms with Crippen LogP contribution in [0.5, 0.6) is 11.5 Å². The van der Waals surface area contributed by atoms with Gasteiger partial charge in [0.15, 0.2) is 17.4 Å². The summed E-state index contributed by atoms with van der Waals surface area (Å²) < 4.78 is 28.1. The molecule has 1 aliphatic rings. The van der Waals surface area contributed by atoms with Crippen LogP contribution in [0.4, 0.5) is 10.2 Å². The van der Waals surface area contributed by atoms with Gasteiger partial charge in [-0.3, -0.25) is 4.79 Å². The van der Waals surface area contributed by atoms with Crippen molar-refractivity contribution in [1.82, 2.24) is 19.5 Å². The summed E-state index contributed by atoms with van der Waals surface area (Å²) >= 11 is 1.40. The van der Waals surface area contributed by atoms with Crippen LogP contribution in [0.3, 0.4) is 0 Å². The molecule has 0 radical (unpaired) electrons. The number of carbonyl (C=O) groups is 1. The third kappa shape index (κ3) is 3.29. The fourth-order valence-corrected chi connectivity index (χ4v) is 5.62. The van der Waals surface area contributed by atoms with Crippen LogP contribution in [0, 0.1) is 5.82 Å². The molecule has 0 aliphatic carbocycles. The lowest BCUT2D eigenvalue weighted by atomic mass is 10.0. The molecule has 33 heavy (non-hydrogen) atoms. The molecule has 5 rings (SSSR count). The topological polar surface area (TPSA) is 95.0 Å². The van der Waals surface area contributed by atoms with Crippen molar-refractivity contribution in [2.24, 2.45) is 0 Å². The summed E-state index contributed by atoms with van der Waals surface area (Å²) in [5.41, 5.74) is 8.65. The van der Waals surface area contributed by atoms with E-state index in [1.165, 1.54) is 30.8 Å². The molecule has 0 saturated carbocycles. The molecule has 1 fully saturated rings. The minimum atomic E-state index is -0.446. The van der Waals surface area contributed by atoms with Crippen molar-refractivity contribution in [3.05, 3.63) is 48.7 Å². The summed E-state index contributed by atoms with van der Waals surface area (Å²) in [6.45, 7) is 4.79. The zero-order valence-electron chi connectivity index (χ0n) is 18.2. The molecule has 1 aliphatic heterocycles. The molecule has 170 valence electrons. The molecule has 0 spiro atoms. The standard InChI is InChI=1S/C23H22FN5O3S/c1-4-19(30)28-6-5-12(10-28)15-7-13(21-23(25)26-11-27-29(15)21)18-8-14-20(24)16(31-2)9-17(32-3)22(14)33-18/h4,7-9,11-12H,1,5-6,10H2,2-3H3,(H2,25,26,27)/t12-/m1/s1. The molecule has 4 aromatic rings. The number of nitrogens with two attached hydrogens (primary N) is 1. The second-order valence-electron chi connectivity index (χ2n) is 7.81. The van der Waals surface area contributed by atoms with Crippen LogP contribution in [-0.2, 0) is 4.79 Å². The van der Waals surface area contributed by atoms with Gasteiger partial charge in [0.2, 0.25) is 5.91 Å². The van der Waals surface area contributed by atoms with E-state index >= 15 is 4.39 Å². The first-order valence-electron chi connectivity index (χ1n) is 10.3. The predicted molar refractivity (Wildman–Crippen MR) is 125 cm³/mol. The van der Waals surface area contributed by atoms with Gasteiger partial charge >= 0.3 is 0 Å². The van der Waals surface area contributed by atoms with E-state index in [0.717, 1.165) is 22.6 Å². The first-order chi connectivity index (χ1) is 16.0. The van der Waals surface area contributed by atoms with Gasteiger partial charge in [-0.15, -0.1) is 11.3 Å². The quantitative estimate of drug-likeness (QED) is 0.448. The molecule has 1 saturated heterocycles. The summed E-state index contributed by atoms with van der Waals surface area (Å²) in [5, 5.41) is 4.85. The van der Waals surface area contributed by atoms with Crippen LogP contribution in [-0.4, -0.2) is 52.7 Å². The van der Waals surface area contributed by atoms with E-state index in [4.69, 9.17) is 15.2 Å². The van der Waals surface area contributed by atoms with Gasteiger partial charge in [0, 0.05) is 46.6 Å². The van der Waals surface area contributed by atoms with E-state index in [0.29, 0.717) is 40.3 Å². The van der Waals surface area contributed by atoms with Gasteiger partial charge in [-0.25, -0.2) is 13.9 Å². The first kappa shape index (κ1) is 21.2. The molecule has 1 atom stereocenters. The molecule has 3 aromatic heterocycles. The highest BCUT2D eigenvalue weighted by atomic mass is 32.1. The third-order valence-corrected chi connectivity index (χ3v) is 7.26. The van der Waals surface area contributed by atoms with E-state index in [2.05, 4.69) is 16.7 Å². The number of anilines is 1. The second-order valence-corrected chi connectivity index (χ2v) is 8.86. The fourth-order valence-electron chi connectivity index (χ4n) is 4.45. The van der Waals surface area contributed by atoms with Gasteiger partial charge in [-0.05, 0) is 24.6 Å². The van der Waals surface area contributed by atoms with Crippen molar-refractivity contribution in [3.8, 4) is 21.9 Å².